The van der Waals surface area contributed by atoms with E-state index in [1.54, 1.807) is 6.08 Å². The molecule has 0 aliphatic carbocycles. The first-order valence-electron chi connectivity index (χ1n) is 11.3. The third-order valence-electron chi connectivity index (χ3n) is 5.55. The van der Waals surface area contributed by atoms with Gasteiger partial charge in [0.15, 0.2) is 0 Å². The summed E-state index contributed by atoms with van der Waals surface area (Å²) in [6.45, 7) is 4.27. The van der Waals surface area contributed by atoms with Gasteiger partial charge in [0.25, 0.3) is 0 Å². The van der Waals surface area contributed by atoms with Crippen molar-refractivity contribution in [2.24, 2.45) is 0 Å². The summed E-state index contributed by atoms with van der Waals surface area (Å²) in [6.07, 6.45) is 2.52. The molecule has 0 saturated carbocycles. The molecular weight excluding hydrogens is 408 g/mol. The quantitative estimate of drug-likeness (QED) is 0.315. The molecule has 0 aliphatic rings. The van der Waals surface area contributed by atoms with Crippen LogP contribution in [0.15, 0.2) is 72.8 Å². The molecule has 33 heavy (non-hydrogen) atoms. The normalized spacial score (nSPS) is 11.8. The molecule has 172 valence electrons. The van der Waals surface area contributed by atoms with Crippen molar-refractivity contribution in [2.45, 2.75) is 13.5 Å². The molecule has 0 radical (unpaired) electrons. The molecule has 0 aliphatic heterocycles. The molecule has 3 rings (SSSR count). The van der Waals surface area contributed by atoms with Gasteiger partial charge in [0.05, 0.1) is 0 Å². The van der Waals surface area contributed by atoms with Crippen molar-refractivity contribution in [3.8, 4) is 16.9 Å². The summed E-state index contributed by atoms with van der Waals surface area (Å²) in [5.74, 6) is 0.780. The maximum absolute atomic E-state index is 11.8. The molecule has 0 N–H and O–H groups in total. The average molecular weight is 443 g/mol. The van der Waals surface area contributed by atoms with Crippen molar-refractivity contribution in [3.05, 3.63) is 95.1 Å². The van der Waals surface area contributed by atoms with Gasteiger partial charge in [0.1, 0.15) is 18.6 Å². The van der Waals surface area contributed by atoms with Gasteiger partial charge in [-0.05, 0) is 86.7 Å². The molecule has 0 amide bonds. The van der Waals surface area contributed by atoms with Crippen molar-refractivity contribution in [3.63, 3.8) is 0 Å². The van der Waals surface area contributed by atoms with Gasteiger partial charge in [-0.2, -0.15) is 0 Å². The van der Waals surface area contributed by atoms with E-state index in [-0.39, 0.29) is 0 Å². The average Bonchev–Trinajstić information content (AvgIpc) is 2.78. The van der Waals surface area contributed by atoms with Gasteiger partial charge in [-0.25, -0.2) is 0 Å². The molecule has 0 unspecified atom stereocenters. The fraction of sp³-hybridized carbons (Fsp3) is 0.276. The largest absolute Gasteiger partial charge is 0.492 e. The first-order valence-corrected chi connectivity index (χ1v) is 11.3. The van der Waals surface area contributed by atoms with Gasteiger partial charge in [0.2, 0.25) is 0 Å². The van der Waals surface area contributed by atoms with E-state index in [0.29, 0.717) is 6.61 Å². The smallest absolute Gasteiger partial charge is 0.143 e. The Labute approximate surface area is 198 Å². The lowest BCUT2D eigenvalue weighted by Gasteiger charge is -2.20. The Kier molecular flexibility index (Phi) is 8.58. The fourth-order valence-electron chi connectivity index (χ4n) is 3.92. The van der Waals surface area contributed by atoms with Gasteiger partial charge < -0.3 is 14.5 Å². The van der Waals surface area contributed by atoms with E-state index in [2.05, 4.69) is 73.3 Å². The van der Waals surface area contributed by atoms with Crippen LogP contribution in [0, 0.1) is 6.92 Å². The number of aldehydes is 1. The van der Waals surface area contributed by atoms with Crippen LogP contribution in [0.5, 0.6) is 5.75 Å². The van der Waals surface area contributed by atoms with Gasteiger partial charge in [-0.1, -0.05) is 54.6 Å². The summed E-state index contributed by atoms with van der Waals surface area (Å²) < 4.78 is 6.23. The zero-order valence-electron chi connectivity index (χ0n) is 20.3. The molecule has 3 aromatic rings. The van der Waals surface area contributed by atoms with Crippen LogP contribution in [0.25, 0.3) is 16.7 Å². The molecule has 0 fully saturated rings. The van der Waals surface area contributed by atoms with Crippen LogP contribution in [0.1, 0.15) is 22.3 Å². The lowest BCUT2D eigenvalue weighted by atomic mass is 9.90. The lowest BCUT2D eigenvalue weighted by molar-refractivity contribution is -0.104. The number of benzene rings is 3. The summed E-state index contributed by atoms with van der Waals surface area (Å²) in [5, 5.41) is 0. The van der Waals surface area contributed by atoms with E-state index >= 15 is 0 Å². The first-order chi connectivity index (χ1) is 15.9. The Morgan fingerprint density at radius 3 is 2.30 bits per heavy atom. The molecule has 0 spiro atoms. The van der Waals surface area contributed by atoms with Gasteiger partial charge in [-0.3, -0.25) is 4.79 Å². The summed E-state index contributed by atoms with van der Waals surface area (Å²) in [5.41, 5.74) is 7.48. The standard InChI is InChI=1S/C29H34N2O2/c1-22-10-6-8-12-25(22)23-14-15-29(33-19-17-30(2)3)28(20-23)27(16-18-32)26-13-9-7-11-24(26)21-31(4)5/h6-16,18,20H,17,19,21H2,1-5H3. The van der Waals surface area contributed by atoms with Crippen molar-refractivity contribution >= 4 is 11.9 Å². The Morgan fingerprint density at radius 2 is 1.61 bits per heavy atom. The second-order valence-electron chi connectivity index (χ2n) is 8.79. The predicted molar refractivity (Wildman–Crippen MR) is 138 cm³/mol. The summed E-state index contributed by atoms with van der Waals surface area (Å²) in [6, 6.07) is 22.9. The number of rotatable bonds is 10. The second kappa shape index (κ2) is 11.6. The number of carbonyl (C=O) groups excluding carboxylic acids is 1. The molecule has 4 heteroatoms. The Balaban J connectivity index is 2.17. The molecule has 0 bridgehead atoms. The van der Waals surface area contributed by atoms with E-state index < -0.39 is 0 Å². The minimum absolute atomic E-state index is 0.567. The maximum atomic E-state index is 11.8. The van der Waals surface area contributed by atoms with Crippen LogP contribution in [-0.4, -0.2) is 57.4 Å². The van der Waals surface area contributed by atoms with Gasteiger partial charge in [0, 0.05) is 18.7 Å². The number of hydrogen-bond donors (Lipinski definition) is 0. The number of likely N-dealkylation sites (N-methyl/N-ethyl adjacent to an activating group) is 1. The highest BCUT2D eigenvalue weighted by Gasteiger charge is 2.17. The van der Waals surface area contributed by atoms with Crippen molar-refractivity contribution in [2.75, 3.05) is 41.3 Å². The molecule has 0 saturated heterocycles. The monoisotopic (exact) mass is 442 g/mol. The minimum Gasteiger partial charge on any atom is -0.492 e. The van der Waals surface area contributed by atoms with Crippen LogP contribution in [0.2, 0.25) is 0 Å². The lowest BCUT2D eigenvalue weighted by Crippen LogP contribution is -2.19. The molecule has 0 atom stereocenters. The number of hydrogen-bond acceptors (Lipinski definition) is 4. The zero-order valence-corrected chi connectivity index (χ0v) is 20.3. The van der Waals surface area contributed by atoms with Crippen molar-refractivity contribution in [1.29, 1.82) is 0 Å². The van der Waals surface area contributed by atoms with E-state index in [1.807, 2.05) is 38.4 Å². The Hall–Kier alpha value is -3.21. The highest BCUT2D eigenvalue weighted by Crippen LogP contribution is 2.37. The predicted octanol–water partition coefficient (Wildman–Crippen LogP) is 5.29. The maximum Gasteiger partial charge on any atom is 0.143 e. The van der Waals surface area contributed by atoms with E-state index in [1.165, 1.54) is 11.1 Å². The van der Waals surface area contributed by atoms with E-state index in [9.17, 15) is 4.79 Å². The highest BCUT2D eigenvalue weighted by atomic mass is 16.5. The number of aryl methyl sites for hydroxylation is 1. The topological polar surface area (TPSA) is 32.8 Å². The third kappa shape index (κ3) is 6.41. The number of allylic oxidation sites excluding steroid dienone is 1. The van der Waals surface area contributed by atoms with Crippen molar-refractivity contribution < 1.29 is 9.53 Å². The Bertz CT molecular complexity index is 1120. The molecule has 0 aromatic heterocycles. The zero-order chi connectivity index (χ0) is 23.8. The minimum atomic E-state index is 0.567. The summed E-state index contributed by atoms with van der Waals surface area (Å²) in [4.78, 5) is 16.0. The Morgan fingerprint density at radius 1 is 0.879 bits per heavy atom. The van der Waals surface area contributed by atoms with E-state index in [0.717, 1.165) is 53.0 Å². The molecule has 4 nitrogen and oxygen atoms in total. The summed E-state index contributed by atoms with van der Waals surface area (Å²) in [7, 11) is 8.16. The van der Waals surface area contributed by atoms with Crippen LogP contribution < -0.4 is 4.74 Å². The SMILES string of the molecule is Cc1ccccc1-c1ccc(OCCN(C)C)c(C(=CC=O)c2ccccc2CN(C)C)c1. The number of carbonyl (C=O) groups is 1. The fourth-order valence-corrected chi connectivity index (χ4v) is 3.92. The highest BCUT2D eigenvalue weighted by molar-refractivity contribution is 5.93. The summed E-state index contributed by atoms with van der Waals surface area (Å²) >= 11 is 0. The van der Waals surface area contributed by atoms with E-state index in [4.69, 9.17) is 4.74 Å². The third-order valence-corrected chi connectivity index (χ3v) is 5.55. The number of ether oxygens (including phenoxy) is 1. The van der Waals surface area contributed by atoms with Gasteiger partial charge in [-0.15, -0.1) is 0 Å². The molecule has 3 aromatic carbocycles. The first kappa shape index (κ1) is 24.4. The van der Waals surface area contributed by atoms with Crippen LogP contribution in [0.3, 0.4) is 0 Å². The van der Waals surface area contributed by atoms with Crippen LogP contribution in [-0.2, 0) is 11.3 Å². The molecule has 0 heterocycles. The van der Waals surface area contributed by atoms with Crippen LogP contribution in [0.4, 0.5) is 0 Å². The number of nitrogens with zero attached hydrogens (tertiary/aromatic N) is 2. The second-order valence-corrected chi connectivity index (χ2v) is 8.79. The molecular formula is C29H34N2O2. The van der Waals surface area contributed by atoms with Crippen LogP contribution >= 0.6 is 0 Å². The van der Waals surface area contributed by atoms with Crippen molar-refractivity contribution in [1.82, 2.24) is 9.80 Å². The van der Waals surface area contributed by atoms with Gasteiger partial charge >= 0.3 is 0 Å².